The van der Waals surface area contributed by atoms with Gasteiger partial charge in [-0.15, -0.1) is 0 Å². The number of aryl methyl sites for hydroxylation is 1. The number of halogens is 1. The summed E-state index contributed by atoms with van der Waals surface area (Å²) in [6.07, 6.45) is 3.43. The van der Waals surface area contributed by atoms with E-state index in [4.69, 9.17) is 0 Å². The average Bonchev–Trinajstić information content (AvgIpc) is 2.80. The summed E-state index contributed by atoms with van der Waals surface area (Å²) in [4.78, 5) is 19.8. The van der Waals surface area contributed by atoms with Gasteiger partial charge in [-0.05, 0) is 35.0 Å². The molecule has 2 aromatic heterocycles. The van der Waals surface area contributed by atoms with Crippen molar-refractivity contribution in [2.45, 2.75) is 6.92 Å². The number of nitrogens with one attached hydrogen (secondary N) is 1. The van der Waals surface area contributed by atoms with E-state index >= 15 is 0 Å². The van der Waals surface area contributed by atoms with Crippen LogP contribution in [0.3, 0.4) is 0 Å². The highest BCUT2D eigenvalue weighted by Crippen LogP contribution is 2.23. The Morgan fingerprint density at radius 1 is 1.32 bits per heavy atom. The van der Waals surface area contributed by atoms with Gasteiger partial charge in [-0.3, -0.25) is 4.79 Å². The fraction of sp³-hybridized carbons (Fsp3) is 0.0667. The van der Waals surface area contributed by atoms with Crippen molar-refractivity contribution >= 4 is 32.7 Å². The lowest BCUT2D eigenvalue weighted by molar-refractivity contribution is 0.104. The molecule has 0 spiro atoms. The number of rotatable bonds is 2. The van der Waals surface area contributed by atoms with Crippen LogP contribution in [0.2, 0.25) is 0 Å². The Balaban J connectivity index is 2.14. The van der Waals surface area contributed by atoms with Gasteiger partial charge in [0.1, 0.15) is 5.65 Å². The van der Waals surface area contributed by atoms with Crippen LogP contribution < -0.4 is 0 Å². The van der Waals surface area contributed by atoms with Crippen LogP contribution in [-0.2, 0) is 0 Å². The van der Waals surface area contributed by atoms with Crippen molar-refractivity contribution in [3.8, 4) is 0 Å². The number of pyridine rings is 1. The molecule has 0 saturated heterocycles. The molecule has 3 aromatic rings. The standard InChI is InChI=1S/C15H11BrN2O/c1-9-3-2-4-10(5-9)14(19)13-8-18-15-12(13)6-11(16)7-17-15/h2-8H,1H3,(H,17,18). The van der Waals surface area contributed by atoms with Gasteiger partial charge in [0.15, 0.2) is 5.78 Å². The van der Waals surface area contributed by atoms with Crippen LogP contribution in [0.25, 0.3) is 11.0 Å². The van der Waals surface area contributed by atoms with Crippen molar-refractivity contribution in [2.24, 2.45) is 0 Å². The lowest BCUT2D eigenvalue weighted by atomic mass is 10.0. The van der Waals surface area contributed by atoms with Crippen molar-refractivity contribution in [1.82, 2.24) is 9.97 Å². The molecule has 0 saturated carbocycles. The molecule has 0 bridgehead atoms. The summed E-state index contributed by atoms with van der Waals surface area (Å²) in [5.74, 6) is 0.00912. The van der Waals surface area contributed by atoms with Crippen molar-refractivity contribution in [1.29, 1.82) is 0 Å². The van der Waals surface area contributed by atoms with Crippen molar-refractivity contribution < 1.29 is 4.79 Å². The van der Waals surface area contributed by atoms with E-state index in [1.807, 2.05) is 37.3 Å². The molecule has 2 heterocycles. The molecule has 1 N–H and O–H groups in total. The zero-order valence-electron chi connectivity index (χ0n) is 10.3. The molecule has 3 rings (SSSR count). The van der Waals surface area contributed by atoms with Crippen LogP contribution in [0.15, 0.2) is 47.2 Å². The van der Waals surface area contributed by atoms with Crippen LogP contribution in [0.4, 0.5) is 0 Å². The minimum Gasteiger partial charge on any atom is -0.345 e. The molecule has 0 radical (unpaired) electrons. The number of aromatic amines is 1. The van der Waals surface area contributed by atoms with Gasteiger partial charge in [0.05, 0.1) is 0 Å². The van der Waals surface area contributed by atoms with E-state index in [2.05, 4.69) is 25.9 Å². The normalized spacial score (nSPS) is 10.8. The first kappa shape index (κ1) is 12.1. The highest BCUT2D eigenvalue weighted by atomic mass is 79.9. The SMILES string of the molecule is Cc1cccc(C(=O)c2c[nH]c3ncc(Br)cc23)c1. The lowest BCUT2D eigenvalue weighted by Gasteiger charge is -2.01. The van der Waals surface area contributed by atoms with E-state index in [0.29, 0.717) is 11.1 Å². The maximum absolute atomic E-state index is 12.5. The second kappa shape index (κ2) is 4.63. The zero-order chi connectivity index (χ0) is 13.4. The lowest BCUT2D eigenvalue weighted by Crippen LogP contribution is -2.00. The molecule has 4 heteroatoms. The number of benzene rings is 1. The number of aromatic nitrogens is 2. The first-order chi connectivity index (χ1) is 9.15. The van der Waals surface area contributed by atoms with Crippen molar-refractivity contribution in [3.63, 3.8) is 0 Å². The van der Waals surface area contributed by atoms with Crippen molar-refractivity contribution in [3.05, 3.63) is 63.9 Å². The van der Waals surface area contributed by atoms with Crippen LogP contribution >= 0.6 is 15.9 Å². The quantitative estimate of drug-likeness (QED) is 0.730. The van der Waals surface area contributed by atoms with Gasteiger partial charge in [0, 0.05) is 33.4 Å². The molecule has 0 aliphatic rings. The smallest absolute Gasteiger partial charge is 0.195 e. The molecular weight excluding hydrogens is 304 g/mol. The second-order valence-electron chi connectivity index (χ2n) is 4.45. The fourth-order valence-corrected chi connectivity index (χ4v) is 2.44. The predicted molar refractivity (Wildman–Crippen MR) is 78.4 cm³/mol. The average molecular weight is 315 g/mol. The third kappa shape index (κ3) is 2.19. The fourth-order valence-electron chi connectivity index (χ4n) is 2.11. The summed E-state index contributed by atoms with van der Waals surface area (Å²) in [7, 11) is 0. The Bertz CT molecular complexity index is 777. The first-order valence-corrected chi connectivity index (χ1v) is 6.68. The predicted octanol–water partition coefficient (Wildman–Crippen LogP) is 3.86. The van der Waals surface area contributed by atoms with E-state index in [0.717, 1.165) is 21.1 Å². The Hall–Kier alpha value is -1.94. The van der Waals surface area contributed by atoms with Gasteiger partial charge in [-0.2, -0.15) is 0 Å². The Kier molecular flexibility index (Phi) is 2.95. The number of hydrogen-bond donors (Lipinski definition) is 1. The van der Waals surface area contributed by atoms with Gasteiger partial charge in [0.25, 0.3) is 0 Å². The van der Waals surface area contributed by atoms with E-state index in [-0.39, 0.29) is 5.78 Å². The van der Waals surface area contributed by atoms with Gasteiger partial charge in [0.2, 0.25) is 0 Å². The maximum Gasteiger partial charge on any atom is 0.195 e. The molecule has 0 aliphatic carbocycles. The zero-order valence-corrected chi connectivity index (χ0v) is 11.9. The highest BCUT2D eigenvalue weighted by Gasteiger charge is 2.15. The van der Waals surface area contributed by atoms with E-state index < -0.39 is 0 Å². The van der Waals surface area contributed by atoms with Crippen molar-refractivity contribution in [2.75, 3.05) is 0 Å². The molecule has 0 amide bonds. The summed E-state index contributed by atoms with van der Waals surface area (Å²) in [5, 5.41) is 0.834. The van der Waals surface area contributed by atoms with E-state index in [1.165, 1.54) is 0 Å². The third-order valence-corrected chi connectivity index (χ3v) is 3.46. The molecule has 19 heavy (non-hydrogen) atoms. The summed E-state index contributed by atoms with van der Waals surface area (Å²) in [6.45, 7) is 1.98. The third-order valence-electron chi connectivity index (χ3n) is 3.02. The monoisotopic (exact) mass is 314 g/mol. The maximum atomic E-state index is 12.5. The Labute approximate surface area is 118 Å². The number of fused-ring (bicyclic) bond motifs is 1. The molecule has 0 unspecified atom stereocenters. The summed E-state index contributed by atoms with van der Waals surface area (Å²) in [5.41, 5.74) is 3.14. The largest absolute Gasteiger partial charge is 0.345 e. The molecule has 94 valence electrons. The topological polar surface area (TPSA) is 45.8 Å². The number of nitrogens with zero attached hydrogens (tertiary/aromatic N) is 1. The molecule has 0 atom stereocenters. The molecular formula is C15H11BrN2O. The summed E-state index contributed by atoms with van der Waals surface area (Å²) < 4.78 is 0.859. The second-order valence-corrected chi connectivity index (χ2v) is 5.37. The number of carbonyl (C=O) groups excluding carboxylic acids is 1. The van der Waals surface area contributed by atoms with Gasteiger partial charge < -0.3 is 4.98 Å². The van der Waals surface area contributed by atoms with E-state index in [9.17, 15) is 4.79 Å². The molecule has 0 fully saturated rings. The van der Waals surface area contributed by atoms with Gasteiger partial charge in [-0.25, -0.2) is 4.98 Å². The number of carbonyl (C=O) groups is 1. The van der Waals surface area contributed by atoms with Crippen LogP contribution in [0, 0.1) is 6.92 Å². The van der Waals surface area contributed by atoms with E-state index in [1.54, 1.807) is 12.4 Å². The van der Waals surface area contributed by atoms with Crippen LogP contribution in [0.1, 0.15) is 21.5 Å². The van der Waals surface area contributed by atoms with Gasteiger partial charge in [-0.1, -0.05) is 23.8 Å². The van der Waals surface area contributed by atoms with Crippen LogP contribution in [0.5, 0.6) is 0 Å². The number of ketones is 1. The number of hydrogen-bond acceptors (Lipinski definition) is 2. The summed E-state index contributed by atoms with van der Waals surface area (Å²) >= 11 is 3.38. The highest BCUT2D eigenvalue weighted by molar-refractivity contribution is 9.10. The minimum absolute atomic E-state index is 0.00912. The summed E-state index contributed by atoms with van der Waals surface area (Å²) in [6, 6.07) is 9.50. The number of H-pyrrole nitrogens is 1. The molecule has 0 aliphatic heterocycles. The minimum atomic E-state index is 0.00912. The molecule has 1 aromatic carbocycles. The Morgan fingerprint density at radius 2 is 2.16 bits per heavy atom. The Morgan fingerprint density at radius 3 is 2.95 bits per heavy atom. The van der Waals surface area contributed by atoms with Gasteiger partial charge >= 0.3 is 0 Å². The molecule has 3 nitrogen and oxygen atoms in total. The van der Waals surface area contributed by atoms with Crippen LogP contribution in [-0.4, -0.2) is 15.8 Å². The first-order valence-electron chi connectivity index (χ1n) is 5.89.